The number of amides is 1. The van der Waals surface area contributed by atoms with Crippen molar-refractivity contribution in [1.29, 1.82) is 0 Å². The molecule has 0 aliphatic rings. The number of nitrogens with two attached hydrogens (primary N) is 1. The molecule has 1 amide bonds. The van der Waals surface area contributed by atoms with Crippen LogP contribution < -0.4 is 11.1 Å². The Morgan fingerprint density at radius 1 is 1.00 bits per heavy atom. The molecule has 25 heavy (non-hydrogen) atoms. The molecule has 0 bridgehead atoms. The van der Waals surface area contributed by atoms with Gasteiger partial charge in [-0.1, -0.05) is 42.5 Å². The zero-order valence-electron chi connectivity index (χ0n) is 14.6. The number of anilines is 1. The number of rotatable bonds is 9. The Kier molecular flexibility index (Phi) is 7.32. The SMILES string of the molecule is CC(=O)c1ccccc1NC(=O)CN(CCN)CCc1ccccc1. The first kappa shape index (κ1) is 18.8. The van der Waals surface area contributed by atoms with Gasteiger partial charge in [0.25, 0.3) is 0 Å². The van der Waals surface area contributed by atoms with Crippen LogP contribution in [-0.4, -0.2) is 42.8 Å². The van der Waals surface area contributed by atoms with Gasteiger partial charge in [-0.25, -0.2) is 0 Å². The molecule has 0 aliphatic carbocycles. The van der Waals surface area contributed by atoms with Gasteiger partial charge in [-0.15, -0.1) is 0 Å². The van der Waals surface area contributed by atoms with E-state index in [1.54, 1.807) is 24.3 Å². The zero-order valence-corrected chi connectivity index (χ0v) is 14.6. The van der Waals surface area contributed by atoms with Gasteiger partial charge in [0.05, 0.1) is 12.2 Å². The number of nitrogens with one attached hydrogen (secondary N) is 1. The molecule has 0 saturated heterocycles. The second-order valence-electron chi connectivity index (χ2n) is 5.95. The van der Waals surface area contributed by atoms with E-state index in [0.29, 0.717) is 24.3 Å². The second kappa shape index (κ2) is 9.71. The molecule has 3 N–H and O–H groups in total. The molecule has 0 spiro atoms. The molecule has 0 aromatic heterocycles. The Balaban J connectivity index is 1.94. The number of nitrogens with zero attached hydrogens (tertiary/aromatic N) is 1. The summed E-state index contributed by atoms with van der Waals surface area (Å²) in [5.41, 5.74) is 7.97. The molecule has 0 atom stereocenters. The smallest absolute Gasteiger partial charge is 0.238 e. The minimum Gasteiger partial charge on any atom is -0.329 e. The average molecular weight is 339 g/mol. The Morgan fingerprint density at radius 2 is 1.68 bits per heavy atom. The van der Waals surface area contributed by atoms with Crippen LogP contribution in [-0.2, 0) is 11.2 Å². The molecule has 2 aromatic rings. The van der Waals surface area contributed by atoms with Gasteiger partial charge in [0.2, 0.25) is 5.91 Å². The molecule has 0 saturated carbocycles. The Morgan fingerprint density at radius 3 is 2.36 bits per heavy atom. The number of carbonyl (C=O) groups excluding carboxylic acids is 2. The van der Waals surface area contributed by atoms with Gasteiger partial charge in [-0.05, 0) is 31.0 Å². The molecular weight excluding hydrogens is 314 g/mol. The van der Waals surface area contributed by atoms with Crippen LogP contribution in [0.1, 0.15) is 22.8 Å². The van der Waals surface area contributed by atoms with Gasteiger partial charge >= 0.3 is 0 Å². The van der Waals surface area contributed by atoms with Crippen LogP contribution in [0.15, 0.2) is 54.6 Å². The Labute approximate surface area is 148 Å². The Hall–Kier alpha value is -2.50. The first-order valence-corrected chi connectivity index (χ1v) is 8.46. The molecule has 5 heteroatoms. The lowest BCUT2D eigenvalue weighted by molar-refractivity contribution is -0.117. The number of Topliss-reactive ketones (excluding diaryl/α,β-unsaturated/α-hetero) is 1. The van der Waals surface area contributed by atoms with E-state index in [1.165, 1.54) is 12.5 Å². The molecular formula is C20H25N3O2. The van der Waals surface area contributed by atoms with Crippen LogP contribution in [0.25, 0.3) is 0 Å². The maximum atomic E-state index is 12.4. The molecule has 0 aliphatic heterocycles. The van der Waals surface area contributed by atoms with Crippen LogP contribution in [0.5, 0.6) is 0 Å². The van der Waals surface area contributed by atoms with Crippen molar-refractivity contribution in [2.45, 2.75) is 13.3 Å². The third-order valence-electron chi connectivity index (χ3n) is 3.95. The molecule has 2 rings (SSSR count). The molecule has 0 radical (unpaired) electrons. The molecule has 0 heterocycles. The minimum absolute atomic E-state index is 0.0706. The fourth-order valence-electron chi connectivity index (χ4n) is 2.68. The molecule has 132 valence electrons. The summed E-state index contributed by atoms with van der Waals surface area (Å²) in [4.78, 5) is 26.1. The first-order chi connectivity index (χ1) is 12.1. The number of para-hydroxylation sites is 1. The monoisotopic (exact) mass is 339 g/mol. The number of ketones is 1. The van der Waals surface area contributed by atoms with E-state index in [-0.39, 0.29) is 18.2 Å². The summed E-state index contributed by atoms with van der Waals surface area (Å²) in [6, 6.07) is 17.2. The van der Waals surface area contributed by atoms with Crippen LogP contribution in [0, 0.1) is 0 Å². The van der Waals surface area contributed by atoms with Crippen molar-refractivity contribution in [3.8, 4) is 0 Å². The van der Waals surface area contributed by atoms with Crippen LogP contribution in [0.2, 0.25) is 0 Å². The lowest BCUT2D eigenvalue weighted by Crippen LogP contribution is -2.38. The van der Waals surface area contributed by atoms with Crippen LogP contribution >= 0.6 is 0 Å². The minimum atomic E-state index is -0.143. The van der Waals surface area contributed by atoms with E-state index in [0.717, 1.165) is 13.0 Å². The van der Waals surface area contributed by atoms with E-state index >= 15 is 0 Å². The van der Waals surface area contributed by atoms with Crippen molar-refractivity contribution in [2.24, 2.45) is 5.73 Å². The van der Waals surface area contributed by atoms with E-state index in [4.69, 9.17) is 5.73 Å². The largest absolute Gasteiger partial charge is 0.329 e. The number of hydrogen-bond acceptors (Lipinski definition) is 4. The predicted molar refractivity (Wildman–Crippen MR) is 101 cm³/mol. The molecule has 0 unspecified atom stereocenters. The quantitative estimate of drug-likeness (QED) is 0.688. The number of hydrogen-bond donors (Lipinski definition) is 2. The second-order valence-corrected chi connectivity index (χ2v) is 5.95. The first-order valence-electron chi connectivity index (χ1n) is 8.46. The van der Waals surface area contributed by atoms with E-state index < -0.39 is 0 Å². The highest BCUT2D eigenvalue weighted by atomic mass is 16.2. The van der Waals surface area contributed by atoms with Crippen molar-refractivity contribution in [3.63, 3.8) is 0 Å². The molecule has 0 fully saturated rings. The summed E-state index contributed by atoms with van der Waals surface area (Å²) < 4.78 is 0. The lowest BCUT2D eigenvalue weighted by Gasteiger charge is -2.21. The number of carbonyl (C=O) groups is 2. The third kappa shape index (κ3) is 6.14. The summed E-state index contributed by atoms with van der Waals surface area (Å²) in [6.07, 6.45) is 0.859. The van der Waals surface area contributed by atoms with Gasteiger partial charge in [-0.3, -0.25) is 14.5 Å². The predicted octanol–water partition coefficient (Wildman–Crippen LogP) is 2.33. The summed E-state index contributed by atoms with van der Waals surface area (Å²) in [7, 11) is 0. The summed E-state index contributed by atoms with van der Waals surface area (Å²) in [6.45, 7) is 3.63. The van der Waals surface area contributed by atoms with Crippen LogP contribution in [0.3, 0.4) is 0 Å². The summed E-state index contributed by atoms with van der Waals surface area (Å²) in [5, 5.41) is 2.84. The topological polar surface area (TPSA) is 75.4 Å². The maximum Gasteiger partial charge on any atom is 0.238 e. The van der Waals surface area contributed by atoms with Crippen molar-refractivity contribution in [1.82, 2.24) is 4.90 Å². The van der Waals surface area contributed by atoms with Crippen LogP contribution in [0.4, 0.5) is 5.69 Å². The standard InChI is InChI=1S/C20H25N3O2/c1-16(24)18-9-5-6-10-19(18)22-20(25)15-23(14-12-21)13-11-17-7-3-2-4-8-17/h2-10H,11-15,21H2,1H3,(H,22,25). The maximum absolute atomic E-state index is 12.4. The van der Waals surface area contributed by atoms with E-state index in [9.17, 15) is 9.59 Å². The van der Waals surface area contributed by atoms with Gasteiger partial charge in [0.15, 0.2) is 5.78 Å². The average Bonchev–Trinajstić information content (AvgIpc) is 2.61. The molecule has 5 nitrogen and oxygen atoms in total. The number of benzene rings is 2. The van der Waals surface area contributed by atoms with E-state index in [2.05, 4.69) is 17.4 Å². The van der Waals surface area contributed by atoms with Crippen molar-refractivity contribution in [2.75, 3.05) is 31.5 Å². The highest BCUT2D eigenvalue weighted by Crippen LogP contribution is 2.15. The zero-order chi connectivity index (χ0) is 18.1. The fraction of sp³-hybridized carbons (Fsp3) is 0.300. The molecule has 2 aromatic carbocycles. The van der Waals surface area contributed by atoms with Crippen molar-refractivity contribution < 1.29 is 9.59 Å². The summed E-state index contributed by atoms with van der Waals surface area (Å²) >= 11 is 0. The van der Waals surface area contributed by atoms with Gasteiger partial charge < -0.3 is 11.1 Å². The normalized spacial score (nSPS) is 10.7. The summed E-state index contributed by atoms with van der Waals surface area (Å²) in [5.74, 6) is -0.214. The van der Waals surface area contributed by atoms with Gasteiger partial charge in [0, 0.05) is 25.2 Å². The highest BCUT2D eigenvalue weighted by Gasteiger charge is 2.13. The van der Waals surface area contributed by atoms with Gasteiger partial charge in [0.1, 0.15) is 0 Å². The van der Waals surface area contributed by atoms with Crippen molar-refractivity contribution in [3.05, 3.63) is 65.7 Å². The fourth-order valence-corrected chi connectivity index (χ4v) is 2.68. The highest BCUT2D eigenvalue weighted by molar-refractivity contribution is 6.04. The lowest BCUT2D eigenvalue weighted by atomic mass is 10.1. The Bertz CT molecular complexity index is 701. The van der Waals surface area contributed by atoms with Crippen molar-refractivity contribution >= 4 is 17.4 Å². The van der Waals surface area contributed by atoms with Gasteiger partial charge in [-0.2, -0.15) is 0 Å². The third-order valence-corrected chi connectivity index (χ3v) is 3.95. The van der Waals surface area contributed by atoms with E-state index in [1.807, 2.05) is 23.1 Å².